The molecule has 1 unspecified atom stereocenters. The number of rotatable bonds is 7. The molecule has 5 heteroatoms. The van der Waals surface area contributed by atoms with E-state index >= 15 is 0 Å². The molecular formula is C17H23NO4. The third-order valence-electron chi connectivity index (χ3n) is 4.27. The molecule has 0 saturated heterocycles. The van der Waals surface area contributed by atoms with Crippen LogP contribution >= 0.6 is 0 Å². The average Bonchev–Trinajstić information content (AvgIpc) is 2.47. The molecule has 0 heterocycles. The van der Waals surface area contributed by atoms with Gasteiger partial charge < -0.3 is 15.2 Å². The number of carboxylic acids is 1. The molecule has 1 aliphatic carbocycles. The molecule has 0 bridgehead atoms. The van der Waals surface area contributed by atoms with Crippen LogP contribution in [0.1, 0.15) is 44.6 Å². The summed E-state index contributed by atoms with van der Waals surface area (Å²) in [6.07, 6.45) is 2.01. The maximum absolute atomic E-state index is 11.9. The molecule has 120 valence electrons. The van der Waals surface area contributed by atoms with Gasteiger partial charge >= 0.3 is 5.97 Å². The summed E-state index contributed by atoms with van der Waals surface area (Å²) in [4.78, 5) is 22.6. The van der Waals surface area contributed by atoms with E-state index in [1.807, 2.05) is 24.3 Å². The number of nitrogens with one attached hydrogen (secondary N) is 1. The normalized spacial score (nSPS) is 21.5. The van der Waals surface area contributed by atoms with Gasteiger partial charge in [-0.1, -0.05) is 32.0 Å². The first-order chi connectivity index (χ1) is 10.5. The Morgan fingerprint density at radius 3 is 2.68 bits per heavy atom. The van der Waals surface area contributed by atoms with Gasteiger partial charge in [-0.2, -0.15) is 0 Å². The van der Waals surface area contributed by atoms with Crippen molar-refractivity contribution in [3.63, 3.8) is 0 Å². The lowest BCUT2D eigenvalue weighted by molar-refractivity contribution is -0.146. The van der Waals surface area contributed by atoms with Gasteiger partial charge in [-0.25, -0.2) is 0 Å². The molecule has 1 atom stereocenters. The van der Waals surface area contributed by atoms with Crippen LogP contribution in [0.15, 0.2) is 24.3 Å². The van der Waals surface area contributed by atoms with E-state index < -0.39 is 5.97 Å². The van der Waals surface area contributed by atoms with Gasteiger partial charge in [0.1, 0.15) is 5.75 Å². The summed E-state index contributed by atoms with van der Waals surface area (Å²) in [7, 11) is 0. The molecule has 1 fully saturated rings. The van der Waals surface area contributed by atoms with Crippen LogP contribution < -0.4 is 10.1 Å². The number of carboxylic acid groups (broad SMARTS) is 1. The van der Waals surface area contributed by atoms with E-state index in [-0.39, 0.29) is 24.5 Å². The number of aliphatic carboxylic acids is 1. The van der Waals surface area contributed by atoms with Crippen LogP contribution in [-0.2, 0) is 9.59 Å². The van der Waals surface area contributed by atoms with Crippen molar-refractivity contribution in [3.8, 4) is 5.75 Å². The lowest BCUT2D eigenvalue weighted by Gasteiger charge is -2.32. The standard InChI is InChI=1S/C17H23NO4/c1-3-11(2)14-6-4-5-7-15(14)22-10-16(19)18-13-8-12(9-13)17(20)21/h4-7,11-13H,3,8-10H2,1-2H3,(H,18,19)(H,20,21). The van der Waals surface area contributed by atoms with Gasteiger partial charge in [0.25, 0.3) is 5.91 Å². The zero-order valence-corrected chi connectivity index (χ0v) is 13.0. The number of benzene rings is 1. The number of hydrogen-bond donors (Lipinski definition) is 2. The van der Waals surface area contributed by atoms with Crippen molar-refractivity contribution in [3.05, 3.63) is 29.8 Å². The van der Waals surface area contributed by atoms with Gasteiger partial charge in [0, 0.05) is 6.04 Å². The van der Waals surface area contributed by atoms with Crippen LogP contribution in [0.3, 0.4) is 0 Å². The highest BCUT2D eigenvalue weighted by molar-refractivity contribution is 5.78. The smallest absolute Gasteiger partial charge is 0.306 e. The quantitative estimate of drug-likeness (QED) is 0.812. The third kappa shape index (κ3) is 4.00. The minimum Gasteiger partial charge on any atom is -0.483 e. The molecule has 1 aliphatic rings. The largest absolute Gasteiger partial charge is 0.483 e. The van der Waals surface area contributed by atoms with Crippen molar-refractivity contribution in [2.45, 2.75) is 45.1 Å². The van der Waals surface area contributed by atoms with Gasteiger partial charge in [0.15, 0.2) is 6.61 Å². The van der Waals surface area contributed by atoms with Crippen LogP contribution in [0.25, 0.3) is 0 Å². The molecule has 2 N–H and O–H groups in total. The fraction of sp³-hybridized carbons (Fsp3) is 0.529. The number of carbonyl (C=O) groups is 2. The zero-order chi connectivity index (χ0) is 16.1. The fourth-order valence-electron chi connectivity index (χ4n) is 2.59. The van der Waals surface area contributed by atoms with Crippen molar-refractivity contribution in [2.75, 3.05) is 6.61 Å². The van der Waals surface area contributed by atoms with Gasteiger partial charge in [-0.15, -0.1) is 0 Å². The number of carbonyl (C=O) groups excluding carboxylic acids is 1. The van der Waals surface area contributed by atoms with E-state index in [1.165, 1.54) is 0 Å². The third-order valence-corrected chi connectivity index (χ3v) is 4.27. The summed E-state index contributed by atoms with van der Waals surface area (Å²) in [5.41, 5.74) is 1.10. The Labute approximate surface area is 130 Å². The molecule has 0 aromatic heterocycles. The van der Waals surface area contributed by atoms with Crippen molar-refractivity contribution >= 4 is 11.9 Å². The van der Waals surface area contributed by atoms with E-state index in [4.69, 9.17) is 9.84 Å². The maximum Gasteiger partial charge on any atom is 0.306 e. The second-order valence-electron chi connectivity index (χ2n) is 5.91. The van der Waals surface area contributed by atoms with E-state index in [9.17, 15) is 9.59 Å². The Morgan fingerprint density at radius 1 is 1.36 bits per heavy atom. The minimum absolute atomic E-state index is 0.0398. The Balaban J connectivity index is 1.81. The highest BCUT2D eigenvalue weighted by Crippen LogP contribution is 2.29. The van der Waals surface area contributed by atoms with Gasteiger partial charge in [0.05, 0.1) is 5.92 Å². The highest BCUT2D eigenvalue weighted by Gasteiger charge is 2.35. The SMILES string of the molecule is CCC(C)c1ccccc1OCC(=O)NC1CC(C(=O)O)C1. The van der Waals surface area contributed by atoms with Gasteiger partial charge in [-0.3, -0.25) is 9.59 Å². The molecular weight excluding hydrogens is 282 g/mol. The van der Waals surface area contributed by atoms with E-state index in [0.717, 1.165) is 17.7 Å². The van der Waals surface area contributed by atoms with E-state index in [1.54, 1.807) is 0 Å². The van der Waals surface area contributed by atoms with Crippen LogP contribution in [0.4, 0.5) is 0 Å². The highest BCUT2D eigenvalue weighted by atomic mass is 16.5. The van der Waals surface area contributed by atoms with E-state index in [2.05, 4.69) is 19.2 Å². The fourth-order valence-corrected chi connectivity index (χ4v) is 2.59. The molecule has 5 nitrogen and oxygen atoms in total. The lowest BCUT2D eigenvalue weighted by atomic mass is 9.80. The predicted molar refractivity (Wildman–Crippen MR) is 82.9 cm³/mol. The second kappa shape index (κ2) is 7.29. The summed E-state index contributed by atoms with van der Waals surface area (Å²) in [6, 6.07) is 7.71. The molecule has 1 aromatic carbocycles. The van der Waals surface area contributed by atoms with Crippen molar-refractivity contribution < 1.29 is 19.4 Å². The molecule has 0 aliphatic heterocycles. The Bertz CT molecular complexity index is 537. The lowest BCUT2D eigenvalue weighted by Crippen LogP contribution is -2.48. The first-order valence-electron chi connectivity index (χ1n) is 7.75. The predicted octanol–water partition coefficient (Wildman–Crippen LogP) is 2.56. The zero-order valence-electron chi connectivity index (χ0n) is 13.0. The average molecular weight is 305 g/mol. The number of hydrogen-bond acceptors (Lipinski definition) is 3. The van der Waals surface area contributed by atoms with Gasteiger partial charge in [-0.05, 0) is 36.8 Å². The Hall–Kier alpha value is -2.04. The summed E-state index contributed by atoms with van der Waals surface area (Å²) >= 11 is 0. The summed E-state index contributed by atoms with van der Waals surface area (Å²) in [6.45, 7) is 4.20. The number of para-hydroxylation sites is 1. The number of amides is 1. The van der Waals surface area contributed by atoms with Crippen LogP contribution in [0.2, 0.25) is 0 Å². The van der Waals surface area contributed by atoms with Crippen LogP contribution in [0, 0.1) is 5.92 Å². The molecule has 0 spiro atoms. The van der Waals surface area contributed by atoms with Crippen molar-refractivity contribution in [1.82, 2.24) is 5.32 Å². The topological polar surface area (TPSA) is 75.6 Å². The molecule has 1 saturated carbocycles. The Morgan fingerprint density at radius 2 is 2.05 bits per heavy atom. The summed E-state index contributed by atoms with van der Waals surface area (Å²) < 4.78 is 5.64. The molecule has 1 amide bonds. The monoisotopic (exact) mass is 305 g/mol. The molecule has 1 aromatic rings. The van der Waals surface area contributed by atoms with E-state index in [0.29, 0.717) is 18.8 Å². The van der Waals surface area contributed by atoms with Gasteiger partial charge in [0.2, 0.25) is 0 Å². The van der Waals surface area contributed by atoms with Crippen LogP contribution in [0.5, 0.6) is 5.75 Å². The Kier molecular flexibility index (Phi) is 5.41. The molecule has 2 rings (SSSR count). The van der Waals surface area contributed by atoms with Crippen LogP contribution in [-0.4, -0.2) is 29.6 Å². The van der Waals surface area contributed by atoms with Crippen molar-refractivity contribution in [1.29, 1.82) is 0 Å². The first kappa shape index (κ1) is 16.3. The number of ether oxygens (including phenoxy) is 1. The first-order valence-corrected chi connectivity index (χ1v) is 7.75. The molecule has 22 heavy (non-hydrogen) atoms. The second-order valence-corrected chi connectivity index (χ2v) is 5.91. The molecule has 0 radical (unpaired) electrons. The summed E-state index contributed by atoms with van der Waals surface area (Å²) in [5.74, 6) is -0.194. The van der Waals surface area contributed by atoms with Crippen molar-refractivity contribution in [2.24, 2.45) is 5.92 Å². The maximum atomic E-state index is 11.9. The summed E-state index contributed by atoms with van der Waals surface area (Å²) in [5, 5.41) is 11.6. The minimum atomic E-state index is -0.788.